The molecule has 14 heteroatoms. The normalized spacial score (nSPS) is 16.1. The van der Waals surface area contributed by atoms with E-state index in [1.54, 1.807) is 19.3 Å². The minimum Gasteiger partial charge on any atom is -0.465 e. The van der Waals surface area contributed by atoms with E-state index in [9.17, 15) is 18.0 Å². The number of carbonyl (C=O) groups excluding carboxylic acids is 2. The largest absolute Gasteiger partial charge is 0.465 e. The van der Waals surface area contributed by atoms with E-state index in [4.69, 9.17) is 39.4 Å². The Morgan fingerprint density at radius 1 is 1.21 bits per heavy atom. The monoisotopic (exact) mass is 588 g/mol. The van der Waals surface area contributed by atoms with E-state index >= 15 is 0 Å². The van der Waals surface area contributed by atoms with Gasteiger partial charge >= 0.3 is 5.97 Å². The Bertz CT molecular complexity index is 1180. The van der Waals surface area contributed by atoms with Crippen molar-refractivity contribution in [3.8, 4) is 0 Å². The van der Waals surface area contributed by atoms with E-state index in [2.05, 4.69) is 14.7 Å². The van der Waals surface area contributed by atoms with Crippen molar-refractivity contribution < 1.29 is 22.7 Å². The SMILES string of the molecule is CCOC(=O)CN(C(=O)[C@H](CCC(N)c1ncc[nH]1)NS(=O)(=O)c1cc(Cl)c(N)c(Cl)c1)C1CCCCC1. The number of benzene rings is 1. The number of esters is 1. The van der Waals surface area contributed by atoms with Crippen molar-refractivity contribution in [1.29, 1.82) is 0 Å². The van der Waals surface area contributed by atoms with Gasteiger partial charge in [0.25, 0.3) is 0 Å². The lowest BCUT2D eigenvalue weighted by atomic mass is 9.93. The van der Waals surface area contributed by atoms with Crippen LogP contribution in [0.2, 0.25) is 10.0 Å². The van der Waals surface area contributed by atoms with Gasteiger partial charge in [-0.25, -0.2) is 13.4 Å². The zero-order valence-corrected chi connectivity index (χ0v) is 23.5. The molecule has 0 bridgehead atoms. The molecule has 1 aliphatic rings. The van der Waals surface area contributed by atoms with Crippen LogP contribution in [0.4, 0.5) is 5.69 Å². The Hall–Kier alpha value is -2.38. The Labute approximate surface area is 232 Å². The Morgan fingerprint density at radius 3 is 2.45 bits per heavy atom. The van der Waals surface area contributed by atoms with Gasteiger partial charge in [-0.3, -0.25) is 9.59 Å². The molecule has 1 amide bonds. The standard InChI is InChI=1S/C24H34Cl2N6O5S/c1-2-37-21(33)14-32(15-6-4-3-5-7-15)24(34)20(9-8-19(27)23-29-10-11-30-23)31-38(35,36)16-12-17(25)22(28)18(26)13-16/h10-13,15,19-20,31H,2-9,14,27-28H2,1H3,(H,29,30)/t19?,20-/m0/s1. The van der Waals surface area contributed by atoms with Gasteiger partial charge in [0, 0.05) is 18.4 Å². The molecule has 11 nitrogen and oxygen atoms in total. The summed E-state index contributed by atoms with van der Waals surface area (Å²) in [5.74, 6) is -0.586. The van der Waals surface area contributed by atoms with Gasteiger partial charge in [0.15, 0.2) is 0 Å². The third kappa shape index (κ3) is 7.82. The molecule has 0 spiro atoms. The lowest BCUT2D eigenvalue weighted by molar-refractivity contribution is -0.151. The highest BCUT2D eigenvalue weighted by Gasteiger charge is 2.35. The minimum absolute atomic E-state index is 0.0354. The fourth-order valence-corrected chi connectivity index (χ4v) is 6.38. The lowest BCUT2D eigenvalue weighted by Crippen LogP contribution is -2.54. The van der Waals surface area contributed by atoms with Gasteiger partial charge in [-0.2, -0.15) is 4.72 Å². The van der Waals surface area contributed by atoms with E-state index in [1.165, 1.54) is 17.0 Å². The molecule has 0 radical (unpaired) electrons. The summed E-state index contributed by atoms with van der Waals surface area (Å²) in [6, 6.07) is 0.315. The van der Waals surface area contributed by atoms with Gasteiger partial charge in [0.1, 0.15) is 18.4 Å². The quantitative estimate of drug-likeness (QED) is 0.216. The Balaban J connectivity index is 1.92. The maximum absolute atomic E-state index is 13.9. The molecule has 2 atom stereocenters. The number of H-pyrrole nitrogens is 1. The zero-order valence-electron chi connectivity index (χ0n) is 21.2. The molecule has 1 aromatic heterocycles. The van der Waals surface area contributed by atoms with Crippen LogP contribution in [0.3, 0.4) is 0 Å². The fraction of sp³-hybridized carbons (Fsp3) is 0.542. The third-order valence-electron chi connectivity index (χ3n) is 6.50. The Morgan fingerprint density at radius 2 is 1.87 bits per heavy atom. The molecule has 1 saturated carbocycles. The molecule has 2 aromatic rings. The molecular weight excluding hydrogens is 555 g/mol. The first-order chi connectivity index (χ1) is 18.0. The lowest BCUT2D eigenvalue weighted by Gasteiger charge is -2.36. The number of halogens is 2. The number of hydrogen-bond acceptors (Lipinski definition) is 8. The first-order valence-electron chi connectivity index (χ1n) is 12.5. The topological polar surface area (TPSA) is 174 Å². The van der Waals surface area contributed by atoms with E-state index in [1.807, 2.05) is 0 Å². The molecule has 1 fully saturated rings. The highest BCUT2D eigenvalue weighted by atomic mass is 35.5. The summed E-state index contributed by atoms with van der Waals surface area (Å²) in [5.41, 5.74) is 12.0. The Kier molecular flexibility index (Phi) is 10.8. The van der Waals surface area contributed by atoms with E-state index in [-0.39, 0.29) is 52.7 Å². The number of anilines is 1. The number of sulfonamides is 1. The molecular formula is C24H34Cl2N6O5S. The van der Waals surface area contributed by atoms with Crippen LogP contribution in [0.15, 0.2) is 29.4 Å². The molecule has 210 valence electrons. The number of nitrogens with two attached hydrogens (primary N) is 2. The highest BCUT2D eigenvalue weighted by Crippen LogP contribution is 2.31. The molecule has 0 aliphatic heterocycles. The number of aromatic amines is 1. The first-order valence-corrected chi connectivity index (χ1v) is 14.7. The maximum atomic E-state index is 13.9. The number of carbonyl (C=O) groups is 2. The van der Waals surface area contributed by atoms with Crippen molar-refractivity contribution in [1.82, 2.24) is 19.6 Å². The number of nitrogens with one attached hydrogen (secondary N) is 2. The molecule has 0 saturated heterocycles. The van der Waals surface area contributed by atoms with Crippen LogP contribution in [0, 0.1) is 0 Å². The number of hydrogen-bond donors (Lipinski definition) is 4. The van der Waals surface area contributed by atoms with Gasteiger partial charge in [-0.1, -0.05) is 42.5 Å². The number of imidazole rings is 1. The van der Waals surface area contributed by atoms with Crippen LogP contribution >= 0.6 is 23.2 Å². The second kappa shape index (κ2) is 13.6. The van der Waals surface area contributed by atoms with Crippen LogP contribution in [0.25, 0.3) is 0 Å². The average molecular weight is 590 g/mol. The highest BCUT2D eigenvalue weighted by molar-refractivity contribution is 7.89. The van der Waals surface area contributed by atoms with Crippen molar-refractivity contribution >= 4 is 50.8 Å². The first kappa shape index (κ1) is 30.2. The number of aromatic nitrogens is 2. The van der Waals surface area contributed by atoms with Crippen LogP contribution in [0.1, 0.15) is 63.7 Å². The molecule has 1 heterocycles. The number of rotatable bonds is 12. The summed E-state index contributed by atoms with van der Waals surface area (Å²) >= 11 is 12.1. The summed E-state index contributed by atoms with van der Waals surface area (Å²) in [6.45, 7) is 1.57. The van der Waals surface area contributed by atoms with E-state index in [0.29, 0.717) is 18.7 Å². The third-order valence-corrected chi connectivity index (χ3v) is 8.58. The predicted octanol–water partition coefficient (Wildman–Crippen LogP) is 3.15. The molecule has 1 aromatic carbocycles. The second-order valence-corrected chi connectivity index (χ2v) is 11.7. The predicted molar refractivity (Wildman–Crippen MR) is 145 cm³/mol. The molecule has 6 N–H and O–H groups in total. The van der Waals surface area contributed by atoms with E-state index in [0.717, 1.165) is 19.3 Å². The summed E-state index contributed by atoms with van der Waals surface area (Å²) in [7, 11) is -4.27. The van der Waals surface area contributed by atoms with Gasteiger partial charge in [0.05, 0.1) is 33.3 Å². The summed E-state index contributed by atoms with van der Waals surface area (Å²) < 4.78 is 34.4. The average Bonchev–Trinajstić information content (AvgIpc) is 3.43. The van der Waals surface area contributed by atoms with Gasteiger partial charge in [-0.05, 0) is 44.7 Å². The number of ether oxygens (including phenoxy) is 1. The van der Waals surface area contributed by atoms with Crippen LogP contribution in [0.5, 0.6) is 0 Å². The van der Waals surface area contributed by atoms with Gasteiger partial charge in [0.2, 0.25) is 15.9 Å². The maximum Gasteiger partial charge on any atom is 0.325 e. The smallest absolute Gasteiger partial charge is 0.325 e. The molecule has 1 unspecified atom stereocenters. The molecule has 38 heavy (non-hydrogen) atoms. The second-order valence-electron chi connectivity index (χ2n) is 9.20. The van der Waals surface area contributed by atoms with Crippen molar-refractivity contribution in [2.45, 2.75) is 74.9 Å². The molecule has 1 aliphatic carbocycles. The van der Waals surface area contributed by atoms with E-state index < -0.39 is 34.0 Å². The molecule has 3 rings (SSSR count). The fourth-order valence-electron chi connectivity index (χ4n) is 4.49. The van der Waals surface area contributed by atoms with Crippen molar-refractivity contribution in [3.05, 3.63) is 40.4 Å². The summed E-state index contributed by atoms with van der Waals surface area (Å²) in [4.78, 5) is 34.6. The van der Waals surface area contributed by atoms with Crippen LogP contribution in [-0.2, 0) is 24.3 Å². The number of nitrogens with zero attached hydrogens (tertiary/aromatic N) is 2. The number of amides is 1. The van der Waals surface area contributed by atoms with Gasteiger partial charge < -0.3 is 26.1 Å². The summed E-state index contributed by atoms with van der Waals surface area (Å²) in [6.07, 6.45) is 7.71. The van der Waals surface area contributed by atoms with Crippen LogP contribution in [-0.4, -0.2) is 60.4 Å². The summed E-state index contributed by atoms with van der Waals surface area (Å²) in [5, 5.41) is -0.0709. The zero-order chi connectivity index (χ0) is 27.9. The van der Waals surface area contributed by atoms with Crippen molar-refractivity contribution in [3.63, 3.8) is 0 Å². The van der Waals surface area contributed by atoms with Crippen molar-refractivity contribution in [2.24, 2.45) is 5.73 Å². The minimum atomic E-state index is -4.27. The number of nitrogen functional groups attached to an aromatic ring is 1. The van der Waals surface area contributed by atoms with Gasteiger partial charge in [-0.15, -0.1) is 0 Å². The van der Waals surface area contributed by atoms with Crippen molar-refractivity contribution in [2.75, 3.05) is 18.9 Å². The van der Waals surface area contributed by atoms with Crippen LogP contribution < -0.4 is 16.2 Å².